The number of amides is 3. The van der Waals surface area contributed by atoms with E-state index in [1.165, 1.54) is 0 Å². The molecule has 31 heavy (non-hydrogen) atoms. The first-order valence-corrected chi connectivity index (χ1v) is 10.8. The normalized spacial score (nSPS) is 20.6. The zero-order valence-corrected chi connectivity index (χ0v) is 18.2. The van der Waals surface area contributed by atoms with Gasteiger partial charge in [0, 0.05) is 16.1 Å². The van der Waals surface area contributed by atoms with Crippen molar-refractivity contribution in [3.8, 4) is 0 Å². The smallest absolute Gasteiger partial charge is 0.252 e. The van der Waals surface area contributed by atoms with Crippen LogP contribution in [0.5, 0.6) is 0 Å². The quantitative estimate of drug-likeness (QED) is 0.398. The lowest BCUT2D eigenvalue weighted by Crippen LogP contribution is -2.70. The highest BCUT2D eigenvalue weighted by molar-refractivity contribution is 9.10. The van der Waals surface area contributed by atoms with Crippen molar-refractivity contribution in [2.75, 3.05) is 11.1 Å². The van der Waals surface area contributed by atoms with Gasteiger partial charge in [0.15, 0.2) is 0 Å². The second kappa shape index (κ2) is 10.2. The molecular formula is C19H18BrF2N5O3S. The Labute approximate surface area is 188 Å². The third-order valence-electron chi connectivity index (χ3n) is 4.24. The van der Waals surface area contributed by atoms with Gasteiger partial charge in [-0.15, -0.1) is 11.8 Å². The van der Waals surface area contributed by atoms with Crippen LogP contribution in [0.1, 0.15) is 10.4 Å². The van der Waals surface area contributed by atoms with E-state index in [1.807, 2.05) is 0 Å². The lowest BCUT2D eigenvalue weighted by atomic mass is 10.1. The van der Waals surface area contributed by atoms with E-state index < -0.39 is 47.1 Å². The summed E-state index contributed by atoms with van der Waals surface area (Å²) >= 11 is 4.29. The molecule has 3 atom stereocenters. The molecule has 3 unspecified atom stereocenters. The Morgan fingerprint density at radius 3 is 2.52 bits per heavy atom. The van der Waals surface area contributed by atoms with Crippen LogP contribution in [0.25, 0.3) is 0 Å². The molecule has 0 aliphatic carbocycles. The van der Waals surface area contributed by atoms with Gasteiger partial charge in [0.05, 0.1) is 17.6 Å². The molecule has 1 aliphatic rings. The molecule has 2 aromatic rings. The van der Waals surface area contributed by atoms with Gasteiger partial charge in [0.1, 0.15) is 23.2 Å². The topological polar surface area (TPSA) is 125 Å². The van der Waals surface area contributed by atoms with E-state index in [1.54, 1.807) is 24.3 Å². The molecule has 0 saturated carbocycles. The molecule has 1 heterocycles. The molecule has 164 valence electrons. The molecule has 12 heteroatoms. The average Bonchev–Trinajstić information content (AvgIpc) is 2.71. The van der Waals surface area contributed by atoms with Crippen LogP contribution in [0.2, 0.25) is 0 Å². The van der Waals surface area contributed by atoms with E-state index in [4.69, 9.17) is 5.73 Å². The summed E-state index contributed by atoms with van der Waals surface area (Å²) in [6, 6.07) is 8.37. The Morgan fingerprint density at radius 1 is 1.16 bits per heavy atom. The minimum Gasteiger partial charge on any atom is -0.338 e. The summed E-state index contributed by atoms with van der Waals surface area (Å²) in [7, 11) is 0. The Hall–Kier alpha value is -2.54. The second-order valence-corrected chi connectivity index (χ2v) is 8.53. The molecular weight excluding hydrogens is 496 g/mol. The second-order valence-electron chi connectivity index (χ2n) is 6.52. The number of benzene rings is 2. The van der Waals surface area contributed by atoms with E-state index in [2.05, 4.69) is 37.2 Å². The summed E-state index contributed by atoms with van der Waals surface area (Å²) in [6.45, 7) is 0. The van der Waals surface area contributed by atoms with Crippen LogP contribution >= 0.6 is 27.7 Å². The Kier molecular flexibility index (Phi) is 7.59. The molecule has 6 N–H and O–H groups in total. The summed E-state index contributed by atoms with van der Waals surface area (Å²) in [5.41, 5.74) is 5.49. The first-order chi connectivity index (χ1) is 14.7. The Bertz CT molecular complexity index is 995. The molecule has 0 aromatic heterocycles. The number of hydrogen-bond acceptors (Lipinski definition) is 6. The van der Waals surface area contributed by atoms with Gasteiger partial charge in [-0.3, -0.25) is 19.7 Å². The predicted octanol–water partition coefficient (Wildman–Crippen LogP) is 1.49. The minimum atomic E-state index is -1.02. The molecule has 0 radical (unpaired) electrons. The fourth-order valence-electron chi connectivity index (χ4n) is 2.70. The molecule has 2 aromatic carbocycles. The van der Waals surface area contributed by atoms with Crippen LogP contribution in [-0.2, 0) is 9.59 Å². The molecule has 3 amide bonds. The number of carbonyl (C=O) groups is 3. The maximum absolute atomic E-state index is 13.6. The van der Waals surface area contributed by atoms with Crippen molar-refractivity contribution < 1.29 is 23.2 Å². The number of hydrogen-bond donors (Lipinski definition) is 5. The van der Waals surface area contributed by atoms with Crippen LogP contribution in [0.3, 0.4) is 0 Å². The van der Waals surface area contributed by atoms with Crippen molar-refractivity contribution in [3.63, 3.8) is 0 Å². The summed E-state index contributed by atoms with van der Waals surface area (Å²) in [6.07, 6.45) is -0.900. The van der Waals surface area contributed by atoms with Crippen LogP contribution < -0.4 is 27.0 Å². The Balaban J connectivity index is 1.50. The zero-order chi connectivity index (χ0) is 22.5. The van der Waals surface area contributed by atoms with Gasteiger partial charge in [-0.1, -0.05) is 15.9 Å². The molecule has 1 aliphatic heterocycles. The third kappa shape index (κ3) is 6.23. The first kappa shape index (κ1) is 23.1. The number of halogens is 3. The van der Waals surface area contributed by atoms with E-state index in [0.717, 1.165) is 28.4 Å². The van der Waals surface area contributed by atoms with E-state index in [-0.39, 0.29) is 11.4 Å². The van der Waals surface area contributed by atoms with Crippen molar-refractivity contribution in [1.29, 1.82) is 0 Å². The van der Waals surface area contributed by atoms with Crippen molar-refractivity contribution in [1.82, 2.24) is 16.0 Å². The molecule has 0 spiro atoms. The SMILES string of the molecule is NC1NC(SCC(=O)Nc2ccc(F)cc2F)NC(=O)C1NC(=O)c1ccc(Br)cc1. The van der Waals surface area contributed by atoms with Gasteiger partial charge in [0.25, 0.3) is 5.91 Å². The Morgan fingerprint density at radius 2 is 1.87 bits per heavy atom. The number of nitrogens with one attached hydrogen (secondary N) is 4. The van der Waals surface area contributed by atoms with Crippen LogP contribution in [-0.4, -0.2) is 41.2 Å². The third-order valence-corrected chi connectivity index (χ3v) is 5.78. The number of rotatable bonds is 6. The average molecular weight is 514 g/mol. The van der Waals surface area contributed by atoms with Gasteiger partial charge in [-0.05, 0) is 36.4 Å². The molecule has 1 fully saturated rings. The van der Waals surface area contributed by atoms with Gasteiger partial charge in [-0.2, -0.15) is 0 Å². The highest BCUT2D eigenvalue weighted by atomic mass is 79.9. The van der Waals surface area contributed by atoms with E-state index in [9.17, 15) is 23.2 Å². The lowest BCUT2D eigenvalue weighted by molar-refractivity contribution is -0.125. The van der Waals surface area contributed by atoms with Gasteiger partial charge in [0.2, 0.25) is 11.8 Å². The van der Waals surface area contributed by atoms with E-state index >= 15 is 0 Å². The highest BCUT2D eigenvalue weighted by Crippen LogP contribution is 2.17. The minimum absolute atomic E-state index is 0.141. The summed E-state index contributed by atoms with van der Waals surface area (Å²) in [4.78, 5) is 36.7. The summed E-state index contributed by atoms with van der Waals surface area (Å²) < 4.78 is 27.3. The van der Waals surface area contributed by atoms with Crippen LogP contribution in [0, 0.1) is 11.6 Å². The van der Waals surface area contributed by atoms with Crippen molar-refractivity contribution >= 4 is 51.1 Å². The number of thioether (sulfide) groups is 1. The van der Waals surface area contributed by atoms with Gasteiger partial charge < -0.3 is 21.7 Å². The van der Waals surface area contributed by atoms with Gasteiger partial charge in [-0.25, -0.2) is 8.78 Å². The largest absolute Gasteiger partial charge is 0.338 e. The molecule has 8 nitrogen and oxygen atoms in total. The van der Waals surface area contributed by atoms with Crippen LogP contribution in [0.4, 0.5) is 14.5 Å². The number of nitrogens with two attached hydrogens (primary N) is 1. The fraction of sp³-hybridized carbons (Fsp3) is 0.211. The lowest BCUT2D eigenvalue weighted by Gasteiger charge is -2.35. The highest BCUT2D eigenvalue weighted by Gasteiger charge is 2.35. The molecule has 0 bridgehead atoms. The summed E-state index contributed by atoms with van der Waals surface area (Å²) in [5, 5.41) is 10.4. The fourth-order valence-corrected chi connectivity index (χ4v) is 3.81. The van der Waals surface area contributed by atoms with Crippen LogP contribution in [0.15, 0.2) is 46.9 Å². The summed E-state index contributed by atoms with van der Waals surface area (Å²) in [5.74, 6) is -3.32. The molecule has 3 rings (SSSR count). The number of carbonyl (C=O) groups excluding carboxylic acids is 3. The molecule has 1 saturated heterocycles. The maximum atomic E-state index is 13.6. The standard InChI is InChI=1S/C19H18BrF2N5O3S/c20-10-3-1-9(2-4-10)17(29)25-15-16(23)26-19(27-18(15)30)31-8-14(28)24-13-6-5-11(21)7-12(13)22/h1-7,15-16,19,26H,8,23H2,(H,24,28)(H,25,29)(H,27,30). The zero-order valence-electron chi connectivity index (χ0n) is 15.8. The van der Waals surface area contributed by atoms with Crippen molar-refractivity contribution in [2.45, 2.75) is 17.7 Å². The predicted molar refractivity (Wildman–Crippen MR) is 116 cm³/mol. The number of anilines is 1. The van der Waals surface area contributed by atoms with E-state index in [0.29, 0.717) is 11.6 Å². The van der Waals surface area contributed by atoms with Crippen molar-refractivity contribution in [2.24, 2.45) is 5.73 Å². The first-order valence-electron chi connectivity index (χ1n) is 8.98. The van der Waals surface area contributed by atoms with Crippen molar-refractivity contribution in [3.05, 3.63) is 64.1 Å². The van der Waals surface area contributed by atoms with Gasteiger partial charge >= 0.3 is 0 Å². The monoisotopic (exact) mass is 513 g/mol. The maximum Gasteiger partial charge on any atom is 0.252 e.